The highest BCUT2D eigenvalue weighted by atomic mass is 19.1. The van der Waals surface area contributed by atoms with Crippen LogP contribution in [0.1, 0.15) is 38.2 Å². The molecule has 104 valence electrons. The number of amides is 1. The summed E-state index contributed by atoms with van der Waals surface area (Å²) in [5.41, 5.74) is -0.550. The fourth-order valence-electron chi connectivity index (χ4n) is 1.29. The largest absolute Gasteiger partial charge is 0.444 e. The average Bonchev–Trinajstić information content (AvgIpc) is 2.26. The molecule has 0 radical (unpaired) electrons. The summed E-state index contributed by atoms with van der Waals surface area (Å²) in [5.74, 6) is -0.935. The molecule has 1 atom stereocenters. The van der Waals surface area contributed by atoms with E-state index in [1.54, 1.807) is 20.8 Å². The van der Waals surface area contributed by atoms with Crippen molar-refractivity contribution in [2.24, 2.45) is 0 Å². The molecular formula is C13H17FN2O3. The van der Waals surface area contributed by atoms with Crippen LogP contribution in [0.15, 0.2) is 18.3 Å². The van der Waals surface area contributed by atoms with Crippen LogP contribution in [0.2, 0.25) is 0 Å². The summed E-state index contributed by atoms with van der Waals surface area (Å²) in [6, 6.07) is 1.61. The number of hydrogen-bond donors (Lipinski definition) is 1. The molecule has 1 aromatic heterocycles. The molecule has 1 aromatic rings. The molecule has 0 aliphatic heterocycles. The number of ether oxygens (including phenoxy) is 1. The summed E-state index contributed by atoms with van der Waals surface area (Å²) in [7, 11) is 0. The molecule has 0 aromatic carbocycles. The second-order valence-electron chi connectivity index (χ2n) is 5.09. The van der Waals surface area contributed by atoms with Crippen molar-refractivity contribution < 1.29 is 18.7 Å². The van der Waals surface area contributed by atoms with Crippen molar-refractivity contribution in [3.05, 3.63) is 29.8 Å². The highest BCUT2D eigenvalue weighted by Crippen LogP contribution is 2.08. The van der Waals surface area contributed by atoms with Gasteiger partial charge in [0.05, 0.1) is 12.2 Å². The number of ketones is 1. The zero-order chi connectivity index (χ0) is 14.6. The number of hydrogen-bond acceptors (Lipinski definition) is 4. The van der Waals surface area contributed by atoms with E-state index < -0.39 is 29.3 Å². The second kappa shape index (κ2) is 5.77. The lowest BCUT2D eigenvalue weighted by Gasteiger charge is -2.21. The van der Waals surface area contributed by atoms with Crippen LogP contribution >= 0.6 is 0 Å². The third-order valence-corrected chi connectivity index (χ3v) is 2.11. The van der Waals surface area contributed by atoms with Crippen LogP contribution in [0.3, 0.4) is 0 Å². The third-order valence-electron chi connectivity index (χ3n) is 2.11. The van der Waals surface area contributed by atoms with Gasteiger partial charge in [-0.25, -0.2) is 9.18 Å². The monoisotopic (exact) mass is 268 g/mol. The zero-order valence-corrected chi connectivity index (χ0v) is 11.4. The van der Waals surface area contributed by atoms with E-state index in [0.29, 0.717) is 0 Å². The number of aromatic nitrogens is 1. The molecule has 1 rings (SSSR count). The summed E-state index contributed by atoms with van der Waals surface area (Å²) in [6.07, 6.45) is 0.267. The van der Waals surface area contributed by atoms with Gasteiger partial charge in [-0.1, -0.05) is 0 Å². The molecule has 0 spiro atoms. The Kier molecular flexibility index (Phi) is 4.58. The molecule has 6 heteroatoms. The van der Waals surface area contributed by atoms with Crippen molar-refractivity contribution in [2.45, 2.75) is 39.3 Å². The Morgan fingerprint density at radius 3 is 2.47 bits per heavy atom. The van der Waals surface area contributed by atoms with Gasteiger partial charge in [0, 0.05) is 0 Å². The van der Waals surface area contributed by atoms with Gasteiger partial charge in [0.2, 0.25) is 5.78 Å². The Hall–Kier alpha value is -1.98. The molecule has 1 heterocycles. The van der Waals surface area contributed by atoms with E-state index in [1.165, 1.54) is 13.0 Å². The summed E-state index contributed by atoms with van der Waals surface area (Å²) in [5, 5.41) is 2.40. The van der Waals surface area contributed by atoms with Crippen molar-refractivity contribution in [2.75, 3.05) is 0 Å². The highest BCUT2D eigenvalue weighted by molar-refractivity contribution is 5.99. The topological polar surface area (TPSA) is 68.3 Å². The van der Waals surface area contributed by atoms with Gasteiger partial charge in [-0.05, 0) is 39.8 Å². The first-order valence-corrected chi connectivity index (χ1v) is 5.84. The molecule has 1 unspecified atom stereocenters. The molecule has 19 heavy (non-hydrogen) atoms. The van der Waals surface area contributed by atoms with Crippen LogP contribution in [-0.2, 0) is 4.74 Å². The first-order valence-electron chi connectivity index (χ1n) is 5.84. The number of nitrogens with one attached hydrogen (secondary N) is 1. The van der Waals surface area contributed by atoms with Crippen LogP contribution in [0.25, 0.3) is 0 Å². The van der Waals surface area contributed by atoms with E-state index >= 15 is 0 Å². The molecular weight excluding hydrogens is 251 g/mol. The first-order chi connectivity index (χ1) is 8.69. The predicted octanol–water partition coefficient (Wildman–Crippen LogP) is 2.32. The number of carbonyl (C=O) groups is 2. The number of Topliss-reactive ketones (excluding diaryl/α,β-unsaturated/α-hetero) is 1. The molecule has 5 nitrogen and oxygen atoms in total. The van der Waals surface area contributed by atoms with Gasteiger partial charge in [-0.15, -0.1) is 0 Å². The SMILES string of the molecule is CC(NC(=O)OC(C)(C)C)C(=O)c1ccc(F)cn1. The Bertz CT molecular complexity index is 466. The van der Waals surface area contributed by atoms with Crippen LogP contribution in [0, 0.1) is 5.82 Å². The molecule has 0 aliphatic carbocycles. The number of pyridine rings is 1. The Balaban J connectivity index is 2.63. The fourth-order valence-corrected chi connectivity index (χ4v) is 1.29. The minimum Gasteiger partial charge on any atom is -0.444 e. The number of halogens is 1. The van der Waals surface area contributed by atoms with Gasteiger partial charge >= 0.3 is 6.09 Å². The number of carbonyl (C=O) groups excluding carboxylic acids is 2. The Morgan fingerprint density at radius 2 is 2.00 bits per heavy atom. The lowest BCUT2D eigenvalue weighted by atomic mass is 10.1. The molecule has 1 amide bonds. The van der Waals surface area contributed by atoms with Crippen LogP contribution in [0.4, 0.5) is 9.18 Å². The summed E-state index contributed by atoms with van der Waals surface area (Å²) >= 11 is 0. The first kappa shape index (κ1) is 15.1. The summed E-state index contributed by atoms with van der Waals surface area (Å²) in [6.45, 7) is 6.68. The van der Waals surface area contributed by atoms with Gasteiger partial charge in [-0.3, -0.25) is 9.78 Å². The van der Waals surface area contributed by atoms with Crippen LogP contribution in [-0.4, -0.2) is 28.5 Å². The molecule has 0 saturated heterocycles. The van der Waals surface area contributed by atoms with E-state index in [4.69, 9.17) is 4.74 Å². The Labute approximate surface area is 111 Å². The van der Waals surface area contributed by atoms with Gasteiger partial charge < -0.3 is 10.1 Å². The second-order valence-corrected chi connectivity index (χ2v) is 5.09. The zero-order valence-electron chi connectivity index (χ0n) is 11.4. The van der Waals surface area contributed by atoms with E-state index in [1.807, 2.05) is 0 Å². The van der Waals surface area contributed by atoms with E-state index in [9.17, 15) is 14.0 Å². The minimum atomic E-state index is -0.798. The van der Waals surface area contributed by atoms with Crippen LogP contribution < -0.4 is 5.32 Å². The van der Waals surface area contributed by atoms with Gasteiger partial charge in [0.15, 0.2) is 0 Å². The van der Waals surface area contributed by atoms with Crippen molar-refractivity contribution in [3.63, 3.8) is 0 Å². The molecule has 0 aliphatic rings. The minimum absolute atomic E-state index is 0.0879. The number of alkyl carbamates (subject to hydrolysis) is 1. The molecule has 1 N–H and O–H groups in total. The standard InChI is InChI=1S/C13H17FN2O3/c1-8(16-12(18)19-13(2,3)4)11(17)10-6-5-9(14)7-15-10/h5-8H,1-4H3,(H,16,18). The van der Waals surface area contributed by atoms with E-state index in [-0.39, 0.29) is 5.69 Å². The summed E-state index contributed by atoms with van der Waals surface area (Å²) in [4.78, 5) is 27.1. The third kappa shape index (κ3) is 5.03. The van der Waals surface area contributed by atoms with Crippen molar-refractivity contribution in [3.8, 4) is 0 Å². The molecule has 0 bridgehead atoms. The van der Waals surface area contributed by atoms with Gasteiger partial charge in [0.25, 0.3) is 0 Å². The van der Waals surface area contributed by atoms with E-state index in [2.05, 4.69) is 10.3 Å². The smallest absolute Gasteiger partial charge is 0.408 e. The Morgan fingerprint density at radius 1 is 1.37 bits per heavy atom. The van der Waals surface area contributed by atoms with E-state index in [0.717, 1.165) is 12.3 Å². The summed E-state index contributed by atoms with van der Waals surface area (Å²) < 4.78 is 17.7. The normalized spacial score (nSPS) is 12.7. The highest BCUT2D eigenvalue weighted by Gasteiger charge is 2.22. The maximum Gasteiger partial charge on any atom is 0.408 e. The number of nitrogens with zero attached hydrogens (tertiary/aromatic N) is 1. The quantitative estimate of drug-likeness (QED) is 0.854. The van der Waals surface area contributed by atoms with Gasteiger partial charge in [-0.2, -0.15) is 0 Å². The van der Waals surface area contributed by atoms with Crippen molar-refractivity contribution in [1.29, 1.82) is 0 Å². The molecule has 0 saturated carbocycles. The maximum absolute atomic E-state index is 12.7. The van der Waals surface area contributed by atoms with Gasteiger partial charge in [0.1, 0.15) is 17.1 Å². The lowest BCUT2D eigenvalue weighted by Crippen LogP contribution is -2.41. The lowest BCUT2D eigenvalue weighted by molar-refractivity contribution is 0.0496. The average molecular weight is 268 g/mol. The fraction of sp³-hybridized carbons (Fsp3) is 0.462. The van der Waals surface area contributed by atoms with Crippen molar-refractivity contribution in [1.82, 2.24) is 10.3 Å². The van der Waals surface area contributed by atoms with Crippen molar-refractivity contribution >= 4 is 11.9 Å². The maximum atomic E-state index is 12.7. The molecule has 0 fully saturated rings. The van der Waals surface area contributed by atoms with Crippen LogP contribution in [0.5, 0.6) is 0 Å². The predicted molar refractivity (Wildman–Crippen MR) is 67.4 cm³/mol. The number of rotatable bonds is 3.